The molecule has 0 atom stereocenters. The fraction of sp³-hybridized carbons (Fsp3) is 0.200. The number of nitrogens with zero attached hydrogens (tertiary/aromatic N) is 1. The Morgan fingerprint density at radius 2 is 2.17 bits per heavy atom. The summed E-state index contributed by atoms with van der Waals surface area (Å²) >= 11 is 0. The summed E-state index contributed by atoms with van der Waals surface area (Å²) in [5.74, 6) is 0. The minimum Gasteiger partial charge on any atom is -0.298 e. The molecule has 0 N–H and O–H groups in total. The Hall–Kier alpha value is -1.44. The minimum atomic E-state index is 0.638. The van der Waals surface area contributed by atoms with Gasteiger partial charge in [-0.3, -0.25) is 9.79 Å². The van der Waals surface area contributed by atoms with Crippen LogP contribution in [0.4, 0.5) is 5.69 Å². The maximum atomic E-state index is 10.5. The number of hydrogen-bond donors (Lipinski definition) is 0. The molecule has 0 heterocycles. The Balaban J connectivity index is 3.20. The lowest BCUT2D eigenvalue weighted by Gasteiger charge is -1.98. The summed E-state index contributed by atoms with van der Waals surface area (Å²) in [5, 5.41) is 0. The first kappa shape index (κ1) is 8.65. The molecule has 0 radical (unpaired) electrons. The van der Waals surface area contributed by atoms with Crippen LogP contribution in [0.2, 0.25) is 0 Å². The van der Waals surface area contributed by atoms with Gasteiger partial charge in [0.1, 0.15) is 0 Å². The van der Waals surface area contributed by atoms with Gasteiger partial charge in [0.25, 0.3) is 0 Å². The number of hydrogen-bond acceptors (Lipinski definition) is 2. The normalized spacial score (nSPS) is 10.5. The van der Waals surface area contributed by atoms with Crippen molar-refractivity contribution in [1.29, 1.82) is 0 Å². The Morgan fingerprint density at radius 1 is 1.42 bits per heavy atom. The molecule has 0 fully saturated rings. The van der Waals surface area contributed by atoms with Gasteiger partial charge in [-0.15, -0.1) is 0 Å². The number of carbonyl (C=O) groups is 1. The van der Waals surface area contributed by atoms with E-state index in [1.165, 1.54) is 0 Å². The highest BCUT2D eigenvalue weighted by Crippen LogP contribution is 2.18. The lowest BCUT2D eigenvalue weighted by atomic mass is 10.1. The standard InChI is InChI=1S/C10H11NO/c1-3-11-10-6-8(2)4-5-9(10)7-12/h3-7H,1-2H3. The van der Waals surface area contributed by atoms with Crippen LogP contribution in [0, 0.1) is 6.92 Å². The van der Waals surface area contributed by atoms with Gasteiger partial charge in [0, 0.05) is 11.8 Å². The first-order valence-electron chi connectivity index (χ1n) is 3.82. The molecule has 0 amide bonds. The molecular formula is C10H11NO. The van der Waals surface area contributed by atoms with Gasteiger partial charge in [-0.1, -0.05) is 6.07 Å². The average molecular weight is 161 g/mol. The molecule has 2 heteroatoms. The quantitative estimate of drug-likeness (QED) is 0.484. The Morgan fingerprint density at radius 3 is 2.75 bits per heavy atom. The topological polar surface area (TPSA) is 29.4 Å². The molecule has 1 rings (SSSR count). The number of rotatable bonds is 2. The molecule has 62 valence electrons. The summed E-state index contributed by atoms with van der Waals surface area (Å²) in [5.41, 5.74) is 2.49. The van der Waals surface area contributed by atoms with Gasteiger partial charge in [-0.2, -0.15) is 0 Å². The van der Waals surface area contributed by atoms with Crippen molar-refractivity contribution in [3.8, 4) is 0 Å². The second-order valence-corrected chi connectivity index (χ2v) is 2.57. The van der Waals surface area contributed by atoms with Crippen molar-refractivity contribution in [2.24, 2.45) is 4.99 Å². The Kier molecular flexibility index (Phi) is 2.75. The van der Waals surface area contributed by atoms with Crippen molar-refractivity contribution in [3.05, 3.63) is 29.3 Å². The van der Waals surface area contributed by atoms with Crippen LogP contribution in [-0.2, 0) is 0 Å². The van der Waals surface area contributed by atoms with E-state index in [0.717, 1.165) is 17.5 Å². The average Bonchev–Trinajstić information content (AvgIpc) is 2.05. The van der Waals surface area contributed by atoms with Crippen molar-refractivity contribution < 1.29 is 4.79 Å². The molecule has 0 spiro atoms. The molecule has 0 saturated heterocycles. The van der Waals surface area contributed by atoms with Gasteiger partial charge in [-0.05, 0) is 31.5 Å². The maximum absolute atomic E-state index is 10.5. The lowest BCUT2D eigenvalue weighted by molar-refractivity contribution is 0.112. The Labute approximate surface area is 71.9 Å². The van der Waals surface area contributed by atoms with E-state index in [2.05, 4.69) is 4.99 Å². The summed E-state index contributed by atoms with van der Waals surface area (Å²) in [4.78, 5) is 14.6. The summed E-state index contributed by atoms with van der Waals surface area (Å²) in [6, 6.07) is 5.58. The van der Waals surface area contributed by atoms with Gasteiger partial charge in [0.05, 0.1) is 5.69 Å². The molecular weight excluding hydrogens is 150 g/mol. The molecule has 0 aliphatic heterocycles. The summed E-state index contributed by atoms with van der Waals surface area (Å²) in [6.07, 6.45) is 2.50. The van der Waals surface area contributed by atoms with E-state index < -0.39 is 0 Å². The predicted octanol–water partition coefficient (Wildman–Crippen LogP) is 2.53. The van der Waals surface area contributed by atoms with Crippen LogP contribution in [0.3, 0.4) is 0 Å². The molecule has 1 aromatic carbocycles. The van der Waals surface area contributed by atoms with Crippen LogP contribution in [0.15, 0.2) is 23.2 Å². The zero-order chi connectivity index (χ0) is 8.97. The van der Waals surface area contributed by atoms with Crippen LogP contribution in [-0.4, -0.2) is 12.5 Å². The first-order valence-corrected chi connectivity index (χ1v) is 3.82. The molecule has 0 bridgehead atoms. The number of benzene rings is 1. The van der Waals surface area contributed by atoms with Gasteiger partial charge in [-0.25, -0.2) is 0 Å². The third-order valence-electron chi connectivity index (χ3n) is 1.58. The third-order valence-corrected chi connectivity index (χ3v) is 1.58. The highest BCUT2D eigenvalue weighted by molar-refractivity contribution is 5.84. The maximum Gasteiger partial charge on any atom is 0.152 e. The van der Waals surface area contributed by atoms with Crippen LogP contribution in [0.1, 0.15) is 22.8 Å². The van der Waals surface area contributed by atoms with E-state index in [1.54, 1.807) is 12.3 Å². The predicted molar refractivity (Wildman–Crippen MR) is 50.4 cm³/mol. The van der Waals surface area contributed by atoms with E-state index in [1.807, 2.05) is 26.0 Å². The minimum absolute atomic E-state index is 0.638. The fourth-order valence-corrected chi connectivity index (χ4v) is 1.00. The highest BCUT2D eigenvalue weighted by atomic mass is 16.1. The lowest BCUT2D eigenvalue weighted by Crippen LogP contribution is -1.82. The molecule has 2 nitrogen and oxygen atoms in total. The summed E-state index contributed by atoms with van der Waals surface area (Å²) in [6.45, 7) is 3.81. The number of aliphatic imine (C=N–C) groups is 1. The third kappa shape index (κ3) is 1.78. The monoisotopic (exact) mass is 161 g/mol. The van der Waals surface area contributed by atoms with E-state index >= 15 is 0 Å². The van der Waals surface area contributed by atoms with Gasteiger partial charge in [0.15, 0.2) is 6.29 Å². The van der Waals surface area contributed by atoms with Crippen LogP contribution < -0.4 is 0 Å². The van der Waals surface area contributed by atoms with Crippen molar-refractivity contribution >= 4 is 18.2 Å². The van der Waals surface area contributed by atoms with Crippen molar-refractivity contribution in [2.45, 2.75) is 13.8 Å². The van der Waals surface area contributed by atoms with E-state index in [4.69, 9.17) is 0 Å². The molecule has 0 saturated carbocycles. The van der Waals surface area contributed by atoms with Crippen molar-refractivity contribution in [2.75, 3.05) is 0 Å². The zero-order valence-electron chi connectivity index (χ0n) is 7.24. The second kappa shape index (κ2) is 3.81. The van der Waals surface area contributed by atoms with E-state index in [-0.39, 0.29) is 0 Å². The zero-order valence-corrected chi connectivity index (χ0v) is 7.24. The molecule has 0 aromatic heterocycles. The van der Waals surface area contributed by atoms with Crippen LogP contribution in [0.5, 0.6) is 0 Å². The molecule has 1 aromatic rings. The van der Waals surface area contributed by atoms with Crippen LogP contribution in [0.25, 0.3) is 0 Å². The fourth-order valence-electron chi connectivity index (χ4n) is 1.00. The Bertz CT molecular complexity index is 316. The second-order valence-electron chi connectivity index (χ2n) is 2.57. The van der Waals surface area contributed by atoms with Crippen molar-refractivity contribution in [1.82, 2.24) is 0 Å². The molecule has 0 aliphatic rings. The molecule has 12 heavy (non-hydrogen) atoms. The SMILES string of the molecule is CC=Nc1cc(C)ccc1C=O. The highest BCUT2D eigenvalue weighted by Gasteiger charge is 1.97. The largest absolute Gasteiger partial charge is 0.298 e. The molecule has 0 unspecified atom stereocenters. The smallest absolute Gasteiger partial charge is 0.152 e. The van der Waals surface area contributed by atoms with Gasteiger partial charge < -0.3 is 0 Å². The van der Waals surface area contributed by atoms with Gasteiger partial charge in [0.2, 0.25) is 0 Å². The summed E-state index contributed by atoms with van der Waals surface area (Å²) in [7, 11) is 0. The number of aldehydes is 1. The molecule has 0 aliphatic carbocycles. The van der Waals surface area contributed by atoms with Crippen molar-refractivity contribution in [3.63, 3.8) is 0 Å². The number of aryl methyl sites for hydroxylation is 1. The number of carbonyl (C=O) groups excluding carboxylic acids is 1. The van der Waals surface area contributed by atoms with E-state index in [9.17, 15) is 4.79 Å². The van der Waals surface area contributed by atoms with E-state index in [0.29, 0.717) is 5.56 Å². The van der Waals surface area contributed by atoms with Crippen LogP contribution >= 0.6 is 0 Å². The first-order chi connectivity index (χ1) is 5.77. The summed E-state index contributed by atoms with van der Waals surface area (Å²) < 4.78 is 0. The van der Waals surface area contributed by atoms with Gasteiger partial charge >= 0.3 is 0 Å².